The van der Waals surface area contributed by atoms with Crippen LogP contribution in [0.4, 0.5) is 0 Å². The molecule has 1 amide bonds. The number of hydrogen-bond acceptors (Lipinski definition) is 3. The molecule has 0 aromatic rings. The molecule has 0 saturated carbocycles. The molecule has 0 spiro atoms. The van der Waals surface area contributed by atoms with E-state index in [0.29, 0.717) is 18.2 Å². The van der Waals surface area contributed by atoms with E-state index in [1.807, 2.05) is 0 Å². The number of hydrogen-bond donors (Lipinski definition) is 1. The Morgan fingerprint density at radius 2 is 2.17 bits per heavy atom. The number of fused-ring (bicyclic) bond motifs is 1. The van der Waals surface area contributed by atoms with Crippen LogP contribution in [0.25, 0.3) is 0 Å². The average Bonchev–Trinajstić information content (AvgIpc) is 2.39. The predicted molar refractivity (Wildman–Crippen MR) is 73.5 cm³/mol. The Morgan fingerprint density at radius 1 is 1.33 bits per heavy atom. The van der Waals surface area contributed by atoms with Crippen molar-refractivity contribution in [3.63, 3.8) is 0 Å². The van der Waals surface area contributed by atoms with E-state index in [9.17, 15) is 4.79 Å². The molecule has 4 nitrogen and oxygen atoms in total. The number of nitrogens with zero attached hydrogens (tertiary/aromatic N) is 2. The van der Waals surface area contributed by atoms with Crippen LogP contribution in [0, 0.1) is 5.92 Å². The van der Waals surface area contributed by atoms with Gasteiger partial charge in [-0.05, 0) is 45.3 Å². The van der Waals surface area contributed by atoms with Gasteiger partial charge < -0.3 is 15.1 Å². The number of carbonyl (C=O) groups excluding carboxylic acids is 1. The molecule has 104 valence electrons. The lowest BCUT2D eigenvalue weighted by atomic mass is 9.84. The average molecular weight is 253 g/mol. The first-order chi connectivity index (χ1) is 8.72. The molecule has 2 heterocycles. The first-order valence-electron chi connectivity index (χ1n) is 7.41. The lowest BCUT2D eigenvalue weighted by molar-refractivity contribution is -0.134. The summed E-state index contributed by atoms with van der Waals surface area (Å²) in [4.78, 5) is 16.7. The first-order valence-corrected chi connectivity index (χ1v) is 7.41. The summed E-state index contributed by atoms with van der Waals surface area (Å²) in [5.74, 6) is 1.04. The molecular weight excluding hydrogens is 226 g/mol. The minimum Gasteiger partial charge on any atom is -0.342 e. The molecule has 2 saturated heterocycles. The van der Waals surface area contributed by atoms with Gasteiger partial charge in [0.2, 0.25) is 5.91 Å². The van der Waals surface area contributed by atoms with E-state index in [2.05, 4.69) is 29.1 Å². The van der Waals surface area contributed by atoms with Crippen LogP contribution in [0.2, 0.25) is 0 Å². The Hall–Kier alpha value is -0.610. The van der Waals surface area contributed by atoms with E-state index in [0.717, 1.165) is 38.6 Å². The fraction of sp³-hybridized carbons (Fsp3) is 0.929. The molecule has 2 aliphatic rings. The van der Waals surface area contributed by atoms with Crippen molar-refractivity contribution < 1.29 is 4.79 Å². The normalized spacial score (nSPS) is 29.1. The summed E-state index contributed by atoms with van der Waals surface area (Å²) in [7, 11) is 2.24. The van der Waals surface area contributed by atoms with Gasteiger partial charge in [0.15, 0.2) is 0 Å². The van der Waals surface area contributed by atoms with Crippen LogP contribution in [0.15, 0.2) is 0 Å². The number of likely N-dealkylation sites (tertiary alicyclic amines) is 2. The van der Waals surface area contributed by atoms with Crippen LogP contribution in [-0.2, 0) is 4.79 Å². The van der Waals surface area contributed by atoms with Crippen molar-refractivity contribution in [2.45, 2.75) is 38.6 Å². The van der Waals surface area contributed by atoms with E-state index < -0.39 is 0 Å². The highest BCUT2D eigenvalue weighted by Crippen LogP contribution is 2.29. The molecule has 0 aromatic heterocycles. The summed E-state index contributed by atoms with van der Waals surface area (Å²) in [6.07, 6.45) is 4.40. The lowest BCUT2D eigenvalue weighted by Gasteiger charge is -2.46. The van der Waals surface area contributed by atoms with Gasteiger partial charge in [0.05, 0.1) is 0 Å². The summed E-state index contributed by atoms with van der Waals surface area (Å²) < 4.78 is 0. The number of piperidine rings is 2. The largest absolute Gasteiger partial charge is 0.342 e. The molecule has 2 unspecified atom stereocenters. The predicted octanol–water partition coefficient (Wildman–Crippen LogP) is 0.929. The van der Waals surface area contributed by atoms with Crippen molar-refractivity contribution >= 4 is 5.91 Å². The van der Waals surface area contributed by atoms with Crippen LogP contribution in [0.1, 0.15) is 32.6 Å². The van der Waals surface area contributed by atoms with Gasteiger partial charge in [0.1, 0.15) is 0 Å². The number of nitrogens with one attached hydrogen (secondary N) is 1. The minimum absolute atomic E-state index is 0.336. The SMILES string of the molecule is CCNCCC(=O)N1CCC2C(CCCN2C)C1. The van der Waals surface area contributed by atoms with Gasteiger partial charge in [0.25, 0.3) is 0 Å². The zero-order valence-corrected chi connectivity index (χ0v) is 11.8. The zero-order valence-electron chi connectivity index (χ0n) is 11.8. The highest BCUT2D eigenvalue weighted by molar-refractivity contribution is 5.76. The third-order valence-corrected chi connectivity index (χ3v) is 4.46. The van der Waals surface area contributed by atoms with Crippen molar-refractivity contribution in [1.82, 2.24) is 15.1 Å². The summed E-state index contributed by atoms with van der Waals surface area (Å²) >= 11 is 0. The maximum Gasteiger partial charge on any atom is 0.223 e. The first kappa shape index (κ1) is 13.8. The van der Waals surface area contributed by atoms with Crippen LogP contribution in [0.3, 0.4) is 0 Å². The molecule has 2 rings (SSSR count). The smallest absolute Gasteiger partial charge is 0.223 e. The van der Waals surface area contributed by atoms with Crippen LogP contribution in [-0.4, -0.2) is 61.5 Å². The van der Waals surface area contributed by atoms with E-state index in [1.54, 1.807) is 0 Å². The van der Waals surface area contributed by atoms with Crippen molar-refractivity contribution in [3.05, 3.63) is 0 Å². The summed E-state index contributed by atoms with van der Waals surface area (Å²) in [5.41, 5.74) is 0. The highest BCUT2D eigenvalue weighted by Gasteiger charge is 2.35. The molecule has 0 aliphatic carbocycles. The molecular formula is C14H27N3O. The van der Waals surface area contributed by atoms with Crippen molar-refractivity contribution in [2.75, 3.05) is 39.8 Å². The molecule has 4 heteroatoms. The van der Waals surface area contributed by atoms with Crippen LogP contribution in [0.5, 0.6) is 0 Å². The Kier molecular flexibility index (Phi) is 5.01. The van der Waals surface area contributed by atoms with E-state index in [1.165, 1.54) is 19.4 Å². The molecule has 2 aliphatic heterocycles. The minimum atomic E-state index is 0.336. The zero-order chi connectivity index (χ0) is 13.0. The Morgan fingerprint density at radius 3 is 2.94 bits per heavy atom. The highest BCUT2D eigenvalue weighted by atomic mass is 16.2. The van der Waals surface area contributed by atoms with Crippen molar-refractivity contribution in [2.24, 2.45) is 5.92 Å². The summed E-state index contributed by atoms with van der Waals surface area (Å²) in [6.45, 7) is 7.02. The molecule has 0 radical (unpaired) electrons. The molecule has 1 N–H and O–H groups in total. The van der Waals surface area contributed by atoms with Gasteiger partial charge in [-0.15, -0.1) is 0 Å². The number of carbonyl (C=O) groups is 1. The van der Waals surface area contributed by atoms with Crippen LogP contribution < -0.4 is 5.32 Å². The maximum absolute atomic E-state index is 12.1. The molecule has 0 aromatic carbocycles. The second kappa shape index (κ2) is 6.53. The third kappa shape index (κ3) is 3.23. The molecule has 2 fully saturated rings. The lowest BCUT2D eigenvalue weighted by Crippen LogP contribution is -2.54. The molecule has 18 heavy (non-hydrogen) atoms. The second-order valence-electron chi connectivity index (χ2n) is 5.68. The monoisotopic (exact) mass is 253 g/mol. The Labute approximate surface area is 111 Å². The van der Waals surface area contributed by atoms with Crippen LogP contribution >= 0.6 is 0 Å². The van der Waals surface area contributed by atoms with E-state index in [-0.39, 0.29) is 0 Å². The second-order valence-corrected chi connectivity index (χ2v) is 5.68. The Balaban J connectivity index is 1.81. The van der Waals surface area contributed by atoms with Gasteiger partial charge in [-0.25, -0.2) is 0 Å². The summed E-state index contributed by atoms with van der Waals surface area (Å²) in [5, 5.41) is 3.23. The number of rotatable bonds is 4. The van der Waals surface area contributed by atoms with Gasteiger partial charge in [-0.2, -0.15) is 0 Å². The standard InChI is InChI=1S/C14H27N3O/c1-3-15-8-6-14(18)17-10-7-13-12(11-17)5-4-9-16(13)2/h12-13,15H,3-11H2,1-2H3. The van der Waals surface area contributed by atoms with Gasteiger partial charge in [-0.1, -0.05) is 6.92 Å². The quantitative estimate of drug-likeness (QED) is 0.757. The van der Waals surface area contributed by atoms with E-state index >= 15 is 0 Å². The topological polar surface area (TPSA) is 35.6 Å². The third-order valence-electron chi connectivity index (χ3n) is 4.46. The fourth-order valence-electron chi connectivity index (χ4n) is 3.41. The van der Waals surface area contributed by atoms with Crippen molar-refractivity contribution in [3.8, 4) is 0 Å². The Bertz CT molecular complexity index is 282. The molecule has 2 atom stereocenters. The van der Waals surface area contributed by atoms with Gasteiger partial charge >= 0.3 is 0 Å². The van der Waals surface area contributed by atoms with Gasteiger partial charge in [0, 0.05) is 32.1 Å². The maximum atomic E-state index is 12.1. The van der Waals surface area contributed by atoms with Crippen molar-refractivity contribution in [1.29, 1.82) is 0 Å². The fourth-order valence-corrected chi connectivity index (χ4v) is 3.41. The van der Waals surface area contributed by atoms with E-state index in [4.69, 9.17) is 0 Å². The molecule has 0 bridgehead atoms. The number of amides is 1. The van der Waals surface area contributed by atoms with Gasteiger partial charge in [-0.3, -0.25) is 4.79 Å². The summed E-state index contributed by atoms with van der Waals surface area (Å²) in [6, 6.07) is 0.719.